The zero-order chi connectivity index (χ0) is 23.1. The second-order valence-corrected chi connectivity index (χ2v) is 13.5. The van der Waals surface area contributed by atoms with E-state index in [0.29, 0.717) is 23.0 Å². The van der Waals surface area contributed by atoms with Crippen molar-refractivity contribution in [3.8, 4) is 0 Å². The topological polar surface area (TPSA) is 9.23 Å². The maximum atomic E-state index is 6.40. The average molecular weight is 443 g/mol. The molecule has 0 aromatic heterocycles. The van der Waals surface area contributed by atoms with Gasteiger partial charge in [-0.3, -0.25) is 0 Å². The lowest BCUT2D eigenvalue weighted by Crippen LogP contribution is -2.51. The van der Waals surface area contributed by atoms with Gasteiger partial charge in [-0.25, -0.2) is 0 Å². The molecule has 3 saturated carbocycles. The van der Waals surface area contributed by atoms with E-state index < -0.39 is 0 Å². The predicted octanol–water partition coefficient (Wildman–Crippen LogP) is 9.21. The zero-order valence-electron chi connectivity index (χ0n) is 22.6. The molecule has 0 amide bonds. The molecule has 0 radical (unpaired) electrons. The number of hydrogen-bond donors (Lipinski definition) is 0. The summed E-state index contributed by atoms with van der Waals surface area (Å²) in [4.78, 5) is 0. The summed E-state index contributed by atoms with van der Waals surface area (Å²) in [6, 6.07) is 0. The molecule has 1 nitrogen and oxygen atoms in total. The minimum Gasteiger partial charge on any atom is -0.375 e. The number of fused-ring (bicyclic) bond motifs is 5. The third kappa shape index (κ3) is 4.50. The van der Waals surface area contributed by atoms with E-state index in [0.717, 1.165) is 41.9 Å². The number of ether oxygens (including phenoxy) is 1. The van der Waals surface area contributed by atoms with Gasteiger partial charge in [-0.2, -0.15) is 0 Å². The fourth-order valence-corrected chi connectivity index (χ4v) is 9.19. The number of hydrogen-bond acceptors (Lipinski definition) is 1. The fraction of sp³-hybridized carbons (Fsp3) is 0.935. The Morgan fingerprint density at radius 2 is 1.75 bits per heavy atom. The Balaban J connectivity index is 1.45. The van der Waals surface area contributed by atoms with E-state index in [9.17, 15) is 0 Å². The molecule has 9 atom stereocenters. The SMILES string of the molecule is CCC(C)O[C@H]1CC[C@@]2(C)C(=CC[C@H]3[C@@H]4CC[C@H]([C@H](C)CCCC(C)C)[C@@]4(C)CC[C@@H]32)C1. The smallest absolute Gasteiger partial charge is 0.0616 e. The highest BCUT2D eigenvalue weighted by Crippen LogP contribution is 2.67. The molecule has 3 fully saturated rings. The van der Waals surface area contributed by atoms with Gasteiger partial charge in [-0.05, 0) is 111 Å². The lowest BCUT2D eigenvalue weighted by Gasteiger charge is -2.58. The van der Waals surface area contributed by atoms with Crippen LogP contribution in [0.2, 0.25) is 0 Å². The first-order chi connectivity index (χ1) is 15.2. The Hall–Kier alpha value is -0.300. The maximum Gasteiger partial charge on any atom is 0.0616 e. The van der Waals surface area contributed by atoms with Crippen LogP contribution in [-0.2, 0) is 4.74 Å². The molecule has 4 aliphatic rings. The summed E-state index contributed by atoms with van der Waals surface area (Å²) in [7, 11) is 0. The van der Waals surface area contributed by atoms with Gasteiger partial charge < -0.3 is 4.74 Å². The van der Waals surface area contributed by atoms with E-state index in [1.54, 1.807) is 5.57 Å². The van der Waals surface area contributed by atoms with Crippen LogP contribution in [-0.4, -0.2) is 12.2 Å². The Morgan fingerprint density at radius 1 is 0.969 bits per heavy atom. The van der Waals surface area contributed by atoms with Crippen molar-refractivity contribution in [3.05, 3.63) is 11.6 Å². The van der Waals surface area contributed by atoms with Gasteiger partial charge in [0.05, 0.1) is 12.2 Å². The van der Waals surface area contributed by atoms with Gasteiger partial charge in [0.2, 0.25) is 0 Å². The molecular weight excluding hydrogens is 388 g/mol. The van der Waals surface area contributed by atoms with Crippen LogP contribution in [0.3, 0.4) is 0 Å². The molecule has 0 bridgehead atoms. The molecule has 32 heavy (non-hydrogen) atoms. The monoisotopic (exact) mass is 442 g/mol. The van der Waals surface area contributed by atoms with Gasteiger partial charge >= 0.3 is 0 Å². The third-order valence-electron chi connectivity index (χ3n) is 11.3. The largest absolute Gasteiger partial charge is 0.375 e. The van der Waals surface area contributed by atoms with Gasteiger partial charge in [0.1, 0.15) is 0 Å². The molecule has 0 heterocycles. The van der Waals surface area contributed by atoms with E-state index >= 15 is 0 Å². The highest BCUT2D eigenvalue weighted by atomic mass is 16.5. The van der Waals surface area contributed by atoms with E-state index in [4.69, 9.17) is 4.74 Å². The van der Waals surface area contributed by atoms with Crippen LogP contribution in [0.1, 0.15) is 126 Å². The van der Waals surface area contributed by atoms with Crippen molar-refractivity contribution in [1.82, 2.24) is 0 Å². The second-order valence-electron chi connectivity index (χ2n) is 13.5. The predicted molar refractivity (Wildman–Crippen MR) is 138 cm³/mol. The molecule has 1 unspecified atom stereocenters. The molecule has 0 aromatic carbocycles. The first-order valence-corrected chi connectivity index (χ1v) is 14.5. The average Bonchev–Trinajstić information content (AvgIpc) is 3.11. The fourth-order valence-electron chi connectivity index (χ4n) is 9.19. The summed E-state index contributed by atoms with van der Waals surface area (Å²) >= 11 is 0. The van der Waals surface area contributed by atoms with Crippen LogP contribution in [0, 0.1) is 46.3 Å². The van der Waals surface area contributed by atoms with Gasteiger partial charge in [0.15, 0.2) is 0 Å². The summed E-state index contributed by atoms with van der Waals surface area (Å²) in [5.74, 6) is 5.60. The van der Waals surface area contributed by atoms with Crippen LogP contribution in [0.15, 0.2) is 11.6 Å². The molecule has 1 heteroatoms. The minimum absolute atomic E-state index is 0.412. The molecule has 0 N–H and O–H groups in total. The lowest BCUT2D eigenvalue weighted by atomic mass is 9.47. The van der Waals surface area contributed by atoms with E-state index in [-0.39, 0.29) is 0 Å². The van der Waals surface area contributed by atoms with Crippen LogP contribution in [0.4, 0.5) is 0 Å². The summed E-state index contributed by atoms with van der Waals surface area (Å²) in [6.07, 6.45) is 20.2. The summed E-state index contributed by atoms with van der Waals surface area (Å²) in [5, 5.41) is 0. The van der Waals surface area contributed by atoms with Crippen molar-refractivity contribution in [2.45, 2.75) is 138 Å². The van der Waals surface area contributed by atoms with Gasteiger partial charge in [0, 0.05) is 0 Å². The van der Waals surface area contributed by atoms with Gasteiger partial charge in [-0.1, -0.05) is 72.5 Å². The summed E-state index contributed by atoms with van der Waals surface area (Å²) in [5.41, 5.74) is 2.84. The van der Waals surface area contributed by atoms with E-state index in [1.165, 1.54) is 70.6 Å². The minimum atomic E-state index is 0.412. The third-order valence-corrected chi connectivity index (χ3v) is 11.3. The van der Waals surface area contributed by atoms with Crippen LogP contribution in [0.25, 0.3) is 0 Å². The maximum absolute atomic E-state index is 6.40. The molecule has 0 aliphatic heterocycles. The number of allylic oxidation sites excluding steroid dienone is 1. The first-order valence-electron chi connectivity index (χ1n) is 14.5. The van der Waals surface area contributed by atoms with Gasteiger partial charge in [0.25, 0.3) is 0 Å². The first kappa shape index (κ1) is 24.8. The standard InChI is InChI=1S/C31H54O/c1-8-23(5)32-25-16-18-30(6)24(20-25)12-13-26-28-15-14-27(22(4)11-9-10-21(2)3)31(28,7)19-17-29(26)30/h12,21-23,25-29H,8-11,13-20H2,1-7H3/t22-,23?,25+,26+,27-,28+,29+,30+,31-/m1/s1. The van der Waals surface area contributed by atoms with Crippen molar-refractivity contribution in [1.29, 1.82) is 0 Å². The second kappa shape index (κ2) is 9.75. The van der Waals surface area contributed by atoms with Crippen molar-refractivity contribution in [3.63, 3.8) is 0 Å². The molecule has 0 aromatic rings. The highest BCUT2D eigenvalue weighted by molar-refractivity contribution is 5.25. The highest BCUT2D eigenvalue weighted by Gasteiger charge is 2.59. The van der Waals surface area contributed by atoms with Gasteiger partial charge in [-0.15, -0.1) is 0 Å². The van der Waals surface area contributed by atoms with Crippen LogP contribution in [0.5, 0.6) is 0 Å². The van der Waals surface area contributed by atoms with Crippen molar-refractivity contribution in [2.75, 3.05) is 0 Å². The lowest BCUT2D eigenvalue weighted by molar-refractivity contribution is -0.0732. The molecule has 0 saturated heterocycles. The van der Waals surface area contributed by atoms with E-state index in [2.05, 4.69) is 54.5 Å². The van der Waals surface area contributed by atoms with Crippen molar-refractivity contribution >= 4 is 0 Å². The van der Waals surface area contributed by atoms with Crippen LogP contribution >= 0.6 is 0 Å². The van der Waals surface area contributed by atoms with Crippen molar-refractivity contribution < 1.29 is 4.74 Å². The molecule has 4 aliphatic carbocycles. The summed E-state index contributed by atoms with van der Waals surface area (Å²) < 4.78 is 6.40. The van der Waals surface area contributed by atoms with Crippen molar-refractivity contribution in [2.24, 2.45) is 46.3 Å². The molecule has 184 valence electrons. The quantitative estimate of drug-likeness (QED) is 0.340. The summed E-state index contributed by atoms with van der Waals surface area (Å²) in [6.45, 7) is 17.2. The normalized spacial score (nSPS) is 43.2. The molecular formula is C31H54O. The van der Waals surface area contributed by atoms with Crippen LogP contribution < -0.4 is 0 Å². The Kier molecular flexibility index (Phi) is 7.56. The number of rotatable bonds is 8. The van der Waals surface area contributed by atoms with E-state index in [1.807, 2.05) is 0 Å². The zero-order valence-corrected chi connectivity index (χ0v) is 22.6. The Bertz CT molecular complexity index is 663. The Labute approximate surface area is 200 Å². The Morgan fingerprint density at radius 3 is 2.47 bits per heavy atom. The molecule has 0 spiro atoms. The molecule has 4 rings (SSSR count).